The average Bonchev–Trinajstić information content (AvgIpc) is 3.22. The molecule has 1 aliphatic heterocycles. The van der Waals surface area contributed by atoms with Crippen molar-refractivity contribution in [3.05, 3.63) is 130 Å². The molecule has 7 nitrogen and oxygen atoms in total. The Hall–Kier alpha value is -4.30. The SMILES string of the molecule is COc1ccccc1C=c1sc2n(c1=O)C(c1cccc([N+](=O)[O-])c1)C1=C(N=2)c2ccccc2CC1. The topological polar surface area (TPSA) is 86.7 Å². The Bertz CT molecular complexity index is 1750. The molecule has 8 heteroatoms. The van der Waals surface area contributed by atoms with Crippen molar-refractivity contribution in [2.24, 2.45) is 4.99 Å². The van der Waals surface area contributed by atoms with Crippen LogP contribution in [0.2, 0.25) is 0 Å². The Morgan fingerprint density at radius 3 is 2.72 bits per heavy atom. The van der Waals surface area contributed by atoms with Crippen LogP contribution in [0.4, 0.5) is 5.69 Å². The van der Waals surface area contributed by atoms with Gasteiger partial charge in [0, 0.05) is 23.3 Å². The van der Waals surface area contributed by atoms with Gasteiger partial charge in [-0.15, -0.1) is 0 Å². The molecule has 0 spiro atoms. The van der Waals surface area contributed by atoms with Crippen molar-refractivity contribution in [1.82, 2.24) is 4.57 Å². The number of hydrogen-bond donors (Lipinski definition) is 0. The van der Waals surface area contributed by atoms with Crippen LogP contribution in [0.3, 0.4) is 0 Å². The quantitative estimate of drug-likeness (QED) is 0.313. The molecule has 2 heterocycles. The van der Waals surface area contributed by atoms with E-state index < -0.39 is 11.0 Å². The predicted molar refractivity (Wildman–Crippen MR) is 139 cm³/mol. The third-order valence-electron chi connectivity index (χ3n) is 6.70. The average molecular weight is 496 g/mol. The summed E-state index contributed by atoms with van der Waals surface area (Å²) in [6.07, 6.45) is 3.37. The first-order valence-electron chi connectivity index (χ1n) is 11.6. The molecule has 0 saturated heterocycles. The van der Waals surface area contributed by atoms with Crippen LogP contribution < -0.4 is 19.6 Å². The second-order valence-corrected chi connectivity index (χ2v) is 9.72. The van der Waals surface area contributed by atoms with Crippen LogP contribution in [0.15, 0.2) is 88.2 Å². The van der Waals surface area contributed by atoms with E-state index in [0.29, 0.717) is 20.6 Å². The Morgan fingerprint density at radius 2 is 1.89 bits per heavy atom. The molecule has 1 aromatic heterocycles. The van der Waals surface area contributed by atoms with E-state index in [1.165, 1.54) is 23.0 Å². The maximum Gasteiger partial charge on any atom is 0.271 e. The van der Waals surface area contributed by atoms with Gasteiger partial charge in [0.15, 0.2) is 4.80 Å². The number of fused-ring (bicyclic) bond motifs is 3. The van der Waals surface area contributed by atoms with Gasteiger partial charge in [0.2, 0.25) is 0 Å². The van der Waals surface area contributed by atoms with Gasteiger partial charge in [-0.25, -0.2) is 4.99 Å². The highest BCUT2D eigenvalue weighted by atomic mass is 32.1. The summed E-state index contributed by atoms with van der Waals surface area (Å²) in [5, 5.41) is 11.6. The van der Waals surface area contributed by atoms with Crippen LogP contribution in [0.1, 0.15) is 34.7 Å². The first-order valence-corrected chi connectivity index (χ1v) is 12.4. The summed E-state index contributed by atoms with van der Waals surface area (Å²) in [6, 6.07) is 21.8. The van der Waals surface area contributed by atoms with E-state index >= 15 is 0 Å². The maximum absolute atomic E-state index is 13.8. The monoisotopic (exact) mass is 495 g/mol. The molecular weight excluding hydrogens is 474 g/mol. The zero-order valence-corrected chi connectivity index (χ0v) is 20.2. The molecular formula is C28H21N3O4S. The second kappa shape index (κ2) is 8.73. The molecule has 1 unspecified atom stereocenters. The van der Waals surface area contributed by atoms with Gasteiger partial charge >= 0.3 is 0 Å². The second-order valence-electron chi connectivity index (χ2n) is 8.71. The van der Waals surface area contributed by atoms with Crippen molar-refractivity contribution in [3.63, 3.8) is 0 Å². The fraction of sp³-hybridized carbons (Fsp3) is 0.143. The fourth-order valence-corrected chi connectivity index (χ4v) is 6.05. The summed E-state index contributed by atoms with van der Waals surface area (Å²) in [5.74, 6) is 0.673. The molecule has 0 saturated carbocycles. The highest BCUT2D eigenvalue weighted by Gasteiger charge is 2.33. The van der Waals surface area contributed by atoms with Gasteiger partial charge in [0.25, 0.3) is 11.2 Å². The van der Waals surface area contributed by atoms with Crippen molar-refractivity contribution < 1.29 is 9.66 Å². The first kappa shape index (κ1) is 22.2. The van der Waals surface area contributed by atoms with Gasteiger partial charge in [0.1, 0.15) is 5.75 Å². The highest BCUT2D eigenvalue weighted by molar-refractivity contribution is 7.07. The molecule has 1 aliphatic carbocycles. The zero-order valence-electron chi connectivity index (χ0n) is 19.4. The minimum atomic E-state index is -0.468. The molecule has 3 aromatic carbocycles. The number of ether oxygens (including phenoxy) is 1. The Balaban J connectivity index is 1.64. The molecule has 0 bridgehead atoms. The van der Waals surface area contributed by atoms with Gasteiger partial charge in [-0.05, 0) is 41.7 Å². The third-order valence-corrected chi connectivity index (χ3v) is 7.68. The molecule has 178 valence electrons. The van der Waals surface area contributed by atoms with E-state index in [9.17, 15) is 14.9 Å². The smallest absolute Gasteiger partial charge is 0.271 e. The number of nitrogens with zero attached hydrogens (tertiary/aromatic N) is 3. The van der Waals surface area contributed by atoms with Crippen LogP contribution in [-0.2, 0) is 6.42 Å². The van der Waals surface area contributed by atoms with Crippen LogP contribution in [-0.4, -0.2) is 16.6 Å². The van der Waals surface area contributed by atoms with Crippen LogP contribution in [0, 0.1) is 10.1 Å². The van der Waals surface area contributed by atoms with Crippen molar-refractivity contribution in [1.29, 1.82) is 0 Å². The molecule has 1 atom stereocenters. The van der Waals surface area contributed by atoms with E-state index in [-0.39, 0.29) is 11.2 Å². The molecule has 6 rings (SSSR count). The van der Waals surface area contributed by atoms with Gasteiger partial charge in [0.05, 0.1) is 28.3 Å². The lowest BCUT2D eigenvalue weighted by molar-refractivity contribution is -0.384. The number of para-hydroxylation sites is 1. The maximum atomic E-state index is 13.8. The van der Waals surface area contributed by atoms with E-state index in [4.69, 9.17) is 9.73 Å². The number of allylic oxidation sites excluding steroid dienone is 1. The van der Waals surface area contributed by atoms with Gasteiger partial charge < -0.3 is 4.74 Å². The van der Waals surface area contributed by atoms with E-state index in [2.05, 4.69) is 12.1 Å². The fourth-order valence-electron chi connectivity index (χ4n) is 5.06. The Morgan fingerprint density at radius 1 is 1.08 bits per heavy atom. The lowest BCUT2D eigenvalue weighted by Gasteiger charge is -2.30. The number of aryl methyl sites for hydroxylation is 1. The molecule has 0 fully saturated rings. The normalized spacial score (nSPS) is 16.6. The molecule has 0 radical (unpaired) electrons. The standard InChI is InChI=1S/C28H21N3O4S/c1-35-23-12-5-3-8-18(23)16-24-27(32)30-26(19-9-6-10-20(15-19)31(33)34)22-14-13-17-7-2-4-11-21(17)25(22)29-28(30)36-24/h2-12,15-16,26H,13-14H2,1H3. The Labute approximate surface area is 210 Å². The number of aromatic nitrogens is 1. The van der Waals surface area contributed by atoms with Crippen molar-refractivity contribution >= 4 is 28.8 Å². The highest BCUT2D eigenvalue weighted by Crippen LogP contribution is 2.41. The number of nitro groups is 1. The van der Waals surface area contributed by atoms with E-state index in [0.717, 1.165) is 35.2 Å². The van der Waals surface area contributed by atoms with E-state index in [1.54, 1.807) is 23.8 Å². The number of benzene rings is 3. The number of thiazole rings is 1. The lowest BCUT2D eigenvalue weighted by Crippen LogP contribution is -2.38. The predicted octanol–water partition coefficient (Wildman–Crippen LogP) is 4.24. The summed E-state index contributed by atoms with van der Waals surface area (Å²) in [5.41, 5.74) is 5.46. The minimum absolute atomic E-state index is 0.000918. The third kappa shape index (κ3) is 3.58. The van der Waals surface area contributed by atoms with Crippen molar-refractivity contribution in [3.8, 4) is 5.75 Å². The molecule has 36 heavy (non-hydrogen) atoms. The zero-order chi connectivity index (χ0) is 24.8. The number of non-ortho nitro benzene ring substituents is 1. The minimum Gasteiger partial charge on any atom is -0.496 e. The van der Waals surface area contributed by atoms with Crippen molar-refractivity contribution in [2.45, 2.75) is 18.9 Å². The van der Waals surface area contributed by atoms with Crippen molar-refractivity contribution in [2.75, 3.05) is 7.11 Å². The van der Waals surface area contributed by atoms with Crippen LogP contribution >= 0.6 is 11.3 Å². The lowest BCUT2D eigenvalue weighted by atomic mass is 9.83. The summed E-state index contributed by atoms with van der Waals surface area (Å²) < 4.78 is 7.69. The largest absolute Gasteiger partial charge is 0.496 e. The summed E-state index contributed by atoms with van der Waals surface area (Å²) in [6.45, 7) is 0. The first-order chi connectivity index (χ1) is 17.5. The molecule has 2 aliphatic rings. The van der Waals surface area contributed by atoms with Crippen LogP contribution in [0.5, 0.6) is 5.75 Å². The number of nitro benzene ring substituents is 1. The summed E-state index contributed by atoms with van der Waals surface area (Å²) in [4.78, 5) is 30.5. The Kier molecular flexibility index (Phi) is 5.38. The van der Waals surface area contributed by atoms with Crippen LogP contribution in [0.25, 0.3) is 11.8 Å². The van der Waals surface area contributed by atoms with Gasteiger partial charge in [-0.1, -0.05) is 65.9 Å². The number of hydrogen-bond acceptors (Lipinski definition) is 6. The summed E-state index contributed by atoms with van der Waals surface area (Å²) in [7, 11) is 1.60. The van der Waals surface area contributed by atoms with Gasteiger partial charge in [-0.2, -0.15) is 0 Å². The molecule has 0 amide bonds. The summed E-state index contributed by atoms with van der Waals surface area (Å²) >= 11 is 1.32. The van der Waals surface area contributed by atoms with Gasteiger partial charge in [-0.3, -0.25) is 19.5 Å². The number of methoxy groups -OCH3 is 1. The van der Waals surface area contributed by atoms with E-state index in [1.807, 2.05) is 48.5 Å². The molecule has 0 N–H and O–H groups in total. The molecule has 4 aromatic rings. The number of rotatable bonds is 4.